The molecule has 0 saturated carbocycles. The molecule has 0 amide bonds. The number of carbonyl (C=O) groups is 1. The Hall–Kier alpha value is -1.35. The van der Waals surface area contributed by atoms with Gasteiger partial charge in [0.05, 0.1) is 0 Å². The highest BCUT2D eigenvalue weighted by molar-refractivity contribution is 5.96. The highest BCUT2D eigenvalue weighted by Gasteiger charge is 2.04. The van der Waals surface area contributed by atoms with Gasteiger partial charge in [0.15, 0.2) is 5.78 Å². The van der Waals surface area contributed by atoms with Crippen LogP contribution in [-0.2, 0) is 0 Å². The minimum Gasteiger partial charge on any atom is -0.399 e. The van der Waals surface area contributed by atoms with Crippen LogP contribution in [0.2, 0.25) is 0 Å². The predicted molar refractivity (Wildman–Crippen MR) is 58.3 cm³/mol. The Bertz CT molecular complexity index is 310. The Kier molecular flexibility index (Phi) is 4.13. The molecule has 0 bridgehead atoms. The van der Waals surface area contributed by atoms with E-state index < -0.39 is 0 Å². The zero-order chi connectivity index (χ0) is 10.4. The van der Waals surface area contributed by atoms with E-state index in [4.69, 9.17) is 5.73 Å². The van der Waals surface area contributed by atoms with Crippen LogP contribution in [0.15, 0.2) is 24.3 Å². The molecular weight excluding hydrogens is 176 g/mol. The molecule has 1 aromatic rings. The summed E-state index contributed by atoms with van der Waals surface area (Å²) in [5.74, 6) is 0.137. The average molecular weight is 192 g/mol. The van der Waals surface area contributed by atoms with Crippen molar-refractivity contribution >= 4 is 11.5 Å². The standard InChI is InChI=1S/C11H16N2O/c1-2-13-7-6-11(14)9-4-3-5-10(12)8-9/h3-5,8,13H,2,6-7,12H2,1H3. The van der Waals surface area contributed by atoms with Crippen LogP contribution in [0.4, 0.5) is 5.69 Å². The predicted octanol–water partition coefficient (Wildman–Crippen LogP) is 1.45. The molecule has 3 nitrogen and oxygen atoms in total. The third-order valence-corrected chi connectivity index (χ3v) is 1.99. The smallest absolute Gasteiger partial charge is 0.164 e. The molecule has 0 aromatic heterocycles. The lowest BCUT2D eigenvalue weighted by atomic mass is 10.1. The highest BCUT2D eigenvalue weighted by Crippen LogP contribution is 2.08. The number of hydrogen-bond donors (Lipinski definition) is 2. The first-order chi connectivity index (χ1) is 6.74. The van der Waals surface area contributed by atoms with Crippen molar-refractivity contribution in [2.75, 3.05) is 18.8 Å². The molecule has 76 valence electrons. The second-order valence-corrected chi connectivity index (χ2v) is 3.15. The summed E-state index contributed by atoms with van der Waals surface area (Å²) >= 11 is 0. The molecular formula is C11H16N2O. The Morgan fingerprint density at radius 2 is 2.29 bits per heavy atom. The second kappa shape index (κ2) is 5.40. The first-order valence-electron chi connectivity index (χ1n) is 4.83. The number of nitrogens with two attached hydrogens (primary N) is 1. The Morgan fingerprint density at radius 3 is 2.93 bits per heavy atom. The zero-order valence-electron chi connectivity index (χ0n) is 8.42. The van der Waals surface area contributed by atoms with Crippen LogP contribution in [0.5, 0.6) is 0 Å². The van der Waals surface area contributed by atoms with Gasteiger partial charge in [-0.05, 0) is 18.7 Å². The van der Waals surface area contributed by atoms with Gasteiger partial charge in [-0.25, -0.2) is 0 Å². The molecule has 0 atom stereocenters. The molecule has 0 unspecified atom stereocenters. The Morgan fingerprint density at radius 1 is 1.50 bits per heavy atom. The van der Waals surface area contributed by atoms with Gasteiger partial charge in [0, 0.05) is 24.2 Å². The fraction of sp³-hybridized carbons (Fsp3) is 0.364. The van der Waals surface area contributed by atoms with Gasteiger partial charge in [0.2, 0.25) is 0 Å². The average Bonchev–Trinajstić information content (AvgIpc) is 2.18. The first kappa shape index (κ1) is 10.7. The summed E-state index contributed by atoms with van der Waals surface area (Å²) < 4.78 is 0. The number of rotatable bonds is 5. The van der Waals surface area contributed by atoms with Gasteiger partial charge in [0.1, 0.15) is 0 Å². The molecule has 0 aliphatic heterocycles. The molecule has 0 spiro atoms. The van der Waals surface area contributed by atoms with Crippen molar-refractivity contribution in [2.24, 2.45) is 0 Å². The summed E-state index contributed by atoms with van der Waals surface area (Å²) in [4.78, 5) is 11.6. The van der Waals surface area contributed by atoms with Crippen LogP contribution in [0.3, 0.4) is 0 Å². The Balaban J connectivity index is 2.52. The molecule has 1 aromatic carbocycles. The minimum absolute atomic E-state index is 0.137. The molecule has 0 fully saturated rings. The minimum atomic E-state index is 0.137. The van der Waals surface area contributed by atoms with Gasteiger partial charge in [-0.15, -0.1) is 0 Å². The quantitative estimate of drug-likeness (QED) is 0.422. The van der Waals surface area contributed by atoms with E-state index in [0.29, 0.717) is 17.7 Å². The molecule has 3 N–H and O–H groups in total. The molecule has 14 heavy (non-hydrogen) atoms. The Labute approximate surface area is 84.3 Å². The lowest BCUT2D eigenvalue weighted by Gasteiger charge is -2.02. The van der Waals surface area contributed by atoms with Crippen LogP contribution in [-0.4, -0.2) is 18.9 Å². The topological polar surface area (TPSA) is 55.1 Å². The molecule has 0 radical (unpaired) electrons. The van der Waals surface area contributed by atoms with E-state index in [1.165, 1.54) is 0 Å². The van der Waals surface area contributed by atoms with E-state index in [0.717, 1.165) is 13.1 Å². The summed E-state index contributed by atoms with van der Waals surface area (Å²) in [5.41, 5.74) is 6.92. The van der Waals surface area contributed by atoms with Gasteiger partial charge in [-0.2, -0.15) is 0 Å². The van der Waals surface area contributed by atoms with Gasteiger partial charge in [-0.3, -0.25) is 4.79 Å². The second-order valence-electron chi connectivity index (χ2n) is 3.15. The number of Topliss-reactive ketones (excluding diaryl/α,β-unsaturated/α-hetero) is 1. The van der Waals surface area contributed by atoms with E-state index in [1.54, 1.807) is 24.3 Å². The molecule has 0 aliphatic rings. The third-order valence-electron chi connectivity index (χ3n) is 1.99. The lowest BCUT2D eigenvalue weighted by molar-refractivity contribution is 0.0983. The van der Waals surface area contributed by atoms with E-state index in [2.05, 4.69) is 5.32 Å². The summed E-state index contributed by atoms with van der Waals surface area (Å²) in [7, 11) is 0. The summed E-state index contributed by atoms with van der Waals surface area (Å²) in [6, 6.07) is 7.09. The van der Waals surface area contributed by atoms with Gasteiger partial charge >= 0.3 is 0 Å². The van der Waals surface area contributed by atoms with E-state index in [9.17, 15) is 4.79 Å². The summed E-state index contributed by atoms with van der Waals surface area (Å²) in [6.45, 7) is 3.64. The zero-order valence-corrected chi connectivity index (χ0v) is 8.42. The number of benzene rings is 1. The third kappa shape index (κ3) is 3.18. The van der Waals surface area contributed by atoms with Crippen molar-refractivity contribution in [1.82, 2.24) is 5.32 Å². The van der Waals surface area contributed by atoms with Crippen LogP contribution < -0.4 is 11.1 Å². The number of anilines is 1. The monoisotopic (exact) mass is 192 g/mol. The number of nitrogen functional groups attached to an aromatic ring is 1. The number of nitrogens with one attached hydrogen (secondary N) is 1. The van der Waals surface area contributed by atoms with Crippen molar-refractivity contribution in [3.63, 3.8) is 0 Å². The number of carbonyl (C=O) groups excluding carboxylic acids is 1. The van der Waals surface area contributed by atoms with E-state index in [-0.39, 0.29) is 5.78 Å². The molecule has 3 heteroatoms. The normalized spacial score (nSPS) is 10.1. The number of hydrogen-bond acceptors (Lipinski definition) is 3. The maximum absolute atomic E-state index is 11.6. The molecule has 0 heterocycles. The van der Waals surface area contributed by atoms with Crippen molar-refractivity contribution in [3.8, 4) is 0 Å². The van der Waals surface area contributed by atoms with Crippen LogP contribution in [0, 0.1) is 0 Å². The van der Waals surface area contributed by atoms with Crippen molar-refractivity contribution in [2.45, 2.75) is 13.3 Å². The van der Waals surface area contributed by atoms with Gasteiger partial charge < -0.3 is 11.1 Å². The maximum Gasteiger partial charge on any atom is 0.164 e. The largest absolute Gasteiger partial charge is 0.399 e. The highest BCUT2D eigenvalue weighted by atomic mass is 16.1. The van der Waals surface area contributed by atoms with Gasteiger partial charge in [-0.1, -0.05) is 19.1 Å². The number of ketones is 1. The maximum atomic E-state index is 11.6. The van der Waals surface area contributed by atoms with Gasteiger partial charge in [0.25, 0.3) is 0 Å². The van der Waals surface area contributed by atoms with E-state index >= 15 is 0 Å². The lowest BCUT2D eigenvalue weighted by Crippen LogP contribution is -2.17. The summed E-state index contributed by atoms with van der Waals surface area (Å²) in [5, 5.41) is 3.11. The van der Waals surface area contributed by atoms with Crippen molar-refractivity contribution < 1.29 is 4.79 Å². The molecule has 0 aliphatic carbocycles. The summed E-state index contributed by atoms with van der Waals surface area (Å²) in [6.07, 6.45) is 0.525. The van der Waals surface area contributed by atoms with Crippen LogP contribution >= 0.6 is 0 Å². The van der Waals surface area contributed by atoms with Crippen LogP contribution in [0.25, 0.3) is 0 Å². The van der Waals surface area contributed by atoms with Crippen molar-refractivity contribution in [3.05, 3.63) is 29.8 Å². The molecule has 1 rings (SSSR count). The van der Waals surface area contributed by atoms with Crippen LogP contribution in [0.1, 0.15) is 23.7 Å². The fourth-order valence-corrected chi connectivity index (χ4v) is 1.24. The fourth-order valence-electron chi connectivity index (χ4n) is 1.24. The SMILES string of the molecule is CCNCCC(=O)c1cccc(N)c1. The van der Waals surface area contributed by atoms with E-state index in [1.807, 2.05) is 6.92 Å². The first-order valence-corrected chi connectivity index (χ1v) is 4.83. The van der Waals surface area contributed by atoms with Crippen molar-refractivity contribution in [1.29, 1.82) is 0 Å². The molecule has 0 saturated heterocycles.